The van der Waals surface area contributed by atoms with Crippen LogP contribution in [0.1, 0.15) is 49.9 Å². The van der Waals surface area contributed by atoms with E-state index in [0.29, 0.717) is 51.9 Å². The van der Waals surface area contributed by atoms with Crippen molar-refractivity contribution in [3.05, 3.63) is 58.0 Å². The fourth-order valence-electron chi connectivity index (χ4n) is 4.68. The summed E-state index contributed by atoms with van der Waals surface area (Å²) in [5.41, 5.74) is 10.6. The molecule has 3 N–H and O–H groups in total. The lowest BCUT2D eigenvalue weighted by atomic mass is 10.1. The van der Waals surface area contributed by atoms with Crippen LogP contribution in [0.2, 0.25) is 0 Å². The van der Waals surface area contributed by atoms with Crippen molar-refractivity contribution in [3.63, 3.8) is 0 Å². The van der Waals surface area contributed by atoms with Crippen LogP contribution in [-0.4, -0.2) is 50.0 Å². The number of nitrogen functional groups attached to an aromatic ring is 1. The number of aromatic nitrogens is 4. The summed E-state index contributed by atoms with van der Waals surface area (Å²) in [5.74, 6) is 1.85. The van der Waals surface area contributed by atoms with Crippen LogP contribution in [-0.2, 0) is 16.6 Å². The molecule has 10 heteroatoms. The van der Waals surface area contributed by atoms with Gasteiger partial charge in [0.05, 0.1) is 17.9 Å². The van der Waals surface area contributed by atoms with Gasteiger partial charge in [-0.2, -0.15) is 5.10 Å². The van der Waals surface area contributed by atoms with Crippen LogP contribution < -0.4 is 21.5 Å². The van der Waals surface area contributed by atoms with Gasteiger partial charge in [-0.05, 0) is 60.6 Å². The maximum atomic E-state index is 12.6. The van der Waals surface area contributed by atoms with Crippen molar-refractivity contribution >= 4 is 36.2 Å². The molecule has 0 spiro atoms. The predicted molar refractivity (Wildman–Crippen MR) is 152 cm³/mol. The molecule has 3 aromatic rings. The number of amidine groups is 1. The van der Waals surface area contributed by atoms with Gasteiger partial charge in [0.1, 0.15) is 24.0 Å². The molecule has 0 unspecified atom stereocenters. The third kappa shape index (κ3) is 5.59. The highest BCUT2D eigenvalue weighted by molar-refractivity contribution is 6.00. The SMILES string of the molecule is C=c1cc(-c2cnc(C3=N[C@@H](C(C)C)CO3)cc2C)nc(N)/c1=C/N=C(C)NC(=O)[C@H]1C[C@@H]1c1cnn(C)c1. The van der Waals surface area contributed by atoms with Crippen LogP contribution in [0.25, 0.3) is 24.0 Å². The number of aryl methyl sites for hydroxylation is 2. The fourth-order valence-corrected chi connectivity index (χ4v) is 4.68. The summed E-state index contributed by atoms with van der Waals surface area (Å²) in [6, 6.07) is 3.96. The van der Waals surface area contributed by atoms with E-state index in [-0.39, 0.29) is 23.8 Å². The van der Waals surface area contributed by atoms with Crippen molar-refractivity contribution in [3.8, 4) is 11.3 Å². The third-order valence-corrected chi connectivity index (χ3v) is 7.19. The molecule has 4 heterocycles. The van der Waals surface area contributed by atoms with E-state index in [0.717, 1.165) is 23.1 Å². The molecule has 2 aliphatic rings. The number of anilines is 1. The number of hydrogen-bond acceptors (Lipinski definition) is 8. The Hall–Kier alpha value is -4.34. The highest BCUT2D eigenvalue weighted by atomic mass is 16.5. The quantitative estimate of drug-likeness (QED) is 0.373. The first-order chi connectivity index (χ1) is 18.6. The smallest absolute Gasteiger partial charge is 0.235 e. The minimum Gasteiger partial charge on any atom is -0.474 e. The monoisotopic (exact) mass is 526 g/mol. The Morgan fingerprint density at radius 3 is 2.74 bits per heavy atom. The molecular weight excluding hydrogens is 492 g/mol. The van der Waals surface area contributed by atoms with Crippen molar-refractivity contribution in [2.75, 3.05) is 12.3 Å². The van der Waals surface area contributed by atoms with Crippen molar-refractivity contribution in [2.45, 2.75) is 46.1 Å². The molecule has 10 nitrogen and oxygen atoms in total. The Morgan fingerprint density at radius 1 is 1.31 bits per heavy atom. The largest absolute Gasteiger partial charge is 0.474 e. The van der Waals surface area contributed by atoms with Gasteiger partial charge in [-0.1, -0.05) is 20.4 Å². The second-order valence-corrected chi connectivity index (χ2v) is 10.6. The summed E-state index contributed by atoms with van der Waals surface area (Å²) >= 11 is 0. The Bertz CT molecular complexity index is 1600. The van der Waals surface area contributed by atoms with Crippen molar-refractivity contribution in [1.29, 1.82) is 0 Å². The number of pyridine rings is 2. The topological polar surface area (TPSA) is 133 Å². The molecule has 1 fully saturated rings. The average Bonchev–Trinajstić information content (AvgIpc) is 3.30. The number of hydrogen-bond donors (Lipinski definition) is 2. The van der Waals surface area contributed by atoms with Gasteiger partial charge in [-0.25, -0.2) is 15.0 Å². The van der Waals surface area contributed by atoms with E-state index in [9.17, 15) is 4.79 Å². The predicted octanol–water partition coefficient (Wildman–Crippen LogP) is 2.06. The summed E-state index contributed by atoms with van der Waals surface area (Å²) in [6.07, 6.45) is 7.93. The molecule has 1 aliphatic carbocycles. The van der Waals surface area contributed by atoms with Gasteiger partial charge >= 0.3 is 0 Å². The van der Waals surface area contributed by atoms with Gasteiger partial charge in [0.2, 0.25) is 11.8 Å². The second-order valence-electron chi connectivity index (χ2n) is 10.6. The Kier molecular flexibility index (Phi) is 7.03. The molecule has 1 aliphatic heterocycles. The highest BCUT2D eigenvalue weighted by Gasteiger charge is 2.44. The first-order valence-electron chi connectivity index (χ1n) is 13.1. The molecular formula is C29H34N8O2. The van der Waals surface area contributed by atoms with Crippen LogP contribution in [0, 0.1) is 18.8 Å². The number of rotatable bonds is 6. The summed E-state index contributed by atoms with van der Waals surface area (Å²) in [6.45, 7) is 12.7. The first kappa shape index (κ1) is 26.3. The zero-order valence-corrected chi connectivity index (χ0v) is 23.0. The molecule has 0 aromatic carbocycles. The normalized spacial score (nSPS) is 21.2. The minimum atomic E-state index is -0.0686. The number of amides is 1. The van der Waals surface area contributed by atoms with E-state index in [1.54, 1.807) is 24.0 Å². The number of aliphatic imine (C=N–C) groups is 2. The maximum Gasteiger partial charge on any atom is 0.235 e. The van der Waals surface area contributed by atoms with Crippen LogP contribution in [0.3, 0.4) is 0 Å². The van der Waals surface area contributed by atoms with Crippen molar-refractivity contribution in [1.82, 2.24) is 25.1 Å². The Labute approximate surface area is 227 Å². The van der Waals surface area contributed by atoms with Crippen LogP contribution in [0.4, 0.5) is 5.82 Å². The van der Waals surface area contributed by atoms with E-state index >= 15 is 0 Å². The van der Waals surface area contributed by atoms with E-state index in [1.165, 1.54) is 0 Å². The molecule has 0 bridgehead atoms. The van der Waals surface area contributed by atoms with E-state index in [4.69, 9.17) is 10.5 Å². The Morgan fingerprint density at radius 2 is 2.10 bits per heavy atom. The van der Waals surface area contributed by atoms with Crippen molar-refractivity contribution in [2.24, 2.45) is 28.9 Å². The lowest BCUT2D eigenvalue weighted by Gasteiger charge is -2.09. The number of nitrogens with two attached hydrogens (primary N) is 1. The number of carbonyl (C=O) groups is 1. The summed E-state index contributed by atoms with van der Waals surface area (Å²) in [5, 5.41) is 8.34. The van der Waals surface area contributed by atoms with Gasteiger partial charge in [0.25, 0.3) is 0 Å². The molecule has 3 atom stereocenters. The van der Waals surface area contributed by atoms with Gasteiger partial charge in [-0.15, -0.1) is 0 Å². The molecule has 3 aromatic heterocycles. The molecule has 5 rings (SSSR count). The van der Waals surface area contributed by atoms with Crippen molar-refractivity contribution < 1.29 is 9.53 Å². The number of nitrogens with zero attached hydrogens (tertiary/aromatic N) is 6. The lowest BCUT2D eigenvalue weighted by Crippen LogP contribution is -2.31. The zero-order chi connectivity index (χ0) is 27.8. The van der Waals surface area contributed by atoms with Gasteiger partial charge < -0.3 is 15.8 Å². The van der Waals surface area contributed by atoms with E-state index in [1.807, 2.05) is 38.5 Å². The van der Waals surface area contributed by atoms with Crippen LogP contribution in [0.5, 0.6) is 0 Å². The first-order valence-corrected chi connectivity index (χ1v) is 13.1. The highest BCUT2D eigenvalue weighted by Crippen LogP contribution is 2.47. The Balaban J connectivity index is 1.30. The summed E-state index contributed by atoms with van der Waals surface area (Å²) < 4.78 is 7.53. The molecule has 1 amide bonds. The fraction of sp³-hybridized carbons (Fsp3) is 0.379. The second kappa shape index (κ2) is 10.4. The standard InChI is InChI=1S/C29H34N8O2/c1-15(2)26-14-39-29(36-26)25-8-16(3)22(11-32-25)24-7-17(4)23(27(30)35-24)12-31-18(5)34-28(38)21-9-20(21)19-10-33-37(6)13-19/h7-8,10-13,15,20-21,26H,4,9,14H2,1-3,5-6H3,(H2,30,35)(H,31,34,38)/b23-12+/t20-,21+,26-/m1/s1. The van der Waals surface area contributed by atoms with Crippen LogP contribution in [0.15, 0.2) is 40.7 Å². The summed E-state index contributed by atoms with van der Waals surface area (Å²) in [7, 11) is 1.87. The average molecular weight is 527 g/mol. The number of ether oxygens (including phenoxy) is 1. The molecule has 0 radical (unpaired) electrons. The molecule has 39 heavy (non-hydrogen) atoms. The third-order valence-electron chi connectivity index (χ3n) is 7.19. The molecule has 1 saturated carbocycles. The van der Waals surface area contributed by atoms with Gasteiger partial charge in [0.15, 0.2) is 0 Å². The minimum absolute atomic E-state index is 0.0464. The van der Waals surface area contributed by atoms with E-state index < -0.39 is 0 Å². The maximum absolute atomic E-state index is 12.6. The molecule has 0 saturated heterocycles. The van der Waals surface area contributed by atoms with Crippen LogP contribution >= 0.6 is 0 Å². The van der Waals surface area contributed by atoms with Gasteiger partial charge in [-0.3, -0.25) is 14.5 Å². The molecule has 202 valence electrons. The van der Waals surface area contributed by atoms with E-state index in [2.05, 4.69) is 50.8 Å². The zero-order valence-electron chi connectivity index (χ0n) is 23.0. The summed E-state index contributed by atoms with van der Waals surface area (Å²) in [4.78, 5) is 30.9. The number of carbonyl (C=O) groups excluding carboxylic acids is 1. The number of nitrogens with one attached hydrogen (secondary N) is 1. The lowest BCUT2D eigenvalue weighted by molar-refractivity contribution is -0.121. The van der Waals surface area contributed by atoms with Gasteiger partial charge in [0, 0.05) is 42.3 Å².